The van der Waals surface area contributed by atoms with Crippen molar-refractivity contribution < 1.29 is 32.6 Å². The molecule has 1 fully saturated rings. The third kappa shape index (κ3) is 6.43. The SMILES string of the molecule is O=C(OCc1ccc(F)cc1)c1cc(Br)c(C(=O)N2CCOCC2)cc1OCc1ccc(F)cc1. The molecule has 9 heteroatoms. The minimum Gasteiger partial charge on any atom is -0.488 e. The molecular weight excluding hydrogens is 524 g/mol. The fourth-order valence-electron chi connectivity index (χ4n) is 3.48. The van der Waals surface area contributed by atoms with Crippen LogP contribution in [0.3, 0.4) is 0 Å². The molecule has 1 saturated heterocycles. The van der Waals surface area contributed by atoms with Gasteiger partial charge in [-0.3, -0.25) is 4.79 Å². The number of hydrogen-bond acceptors (Lipinski definition) is 5. The third-order valence-electron chi connectivity index (χ3n) is 5.41. The van der Waals surface area contributed by atoms with Crippen LogP contribution in [0.25, 0.3) is 0 Å². The average molecular weight is 546 g/mol. The number of nitrogens with zero attached hydrogens (tertiary/aromatic N) is 1. The summed E-state index contributed by atoms with van der Waals surface area (Å²) in [6, 6.07) is 14.4. The molecule has 0 spiro atoms. The first kappa shape index (κ1) is 24.8. The number of carbonyl (C=O) groups is 2. The quantitative estimate of drug-likeness (QED) is 0.385. The van der Waals surface area contributed by atoms with Gasteiger partial charge < -0.3 is 19.1 Å². The van der Waals surface area contributed by atoms with Gasteiger partial charge in [0.25, 0.3) is 5.91 Å². The summed E-state index contributed by atoms with van der Waals surface area (Å²) in [5, 5.41) is 0. The molecule has 0 unspecified atom stereocenters. The molecule has 0 aliphatic carbocycles. The fraction of sp³-hybridized carbons (Fsp3) is 0.231. The van der Waals surface area contributed by atoms with Gasteiger partial charge in [-0.2, -0.15) is 0 Å². The molecule has 0 aromatic heterocycles. The van der Waals surface area contributed by atoms with Gasteiger partial charge in [-0.05, 0) is 63.5 Å². The third-order valence-corrected chi connectivity index (χ3v) is 6.06. The number of amides is 1. The summed E-state index contributed by atoms with van der Waals surface area (Å²) in [6.07, 6.45) is 0. The Labute approximate surface area is 209 Å². The van der Waals surface area contributed by atoms with Crippen molar-refractivity contribution in [2.45, 2.75) is 13.2 Å². The van der Waals surface area contributed by atoms with Crippen molar-refractivity contribution in [1.29, 1.82) is 0 Å². The summed E-state index contributed by atoms with van der Waals surface area (Å²) in [5.41, 5.74) is 1.74. The maximum absolute atomic E-state index is 13.3. The van der Waals surface area contributed by atoms with Crippen molar-refractivity contribution >= 4 is 27.8 Å². The van der Waals surface area contributed by atoms with E-state index in [0.29, 0.717) is 47.5 Å². The number of hydrogen-bond donors (Lipinski definition) is 0. The molecule has 6 nitrogen and oxygen atoms in total. The first-order chi connectivity index (χ1) is 16.9. The Morgan fingerprint density at radius 1 is 0.857 bits per heavy atom. The zero-order valence-corrected chi connectivity index (χ0v) is 20.2. The van der Waals surface area contributed by atoms with Crippen LogP contribution in [0, 0.1) is 11.6 Å². The molecular formula is C26H22BrF2NO5. The number of esters is 1. The van der Waals surface area contributed by atoms with Crippen LogP contribution in [0.4, 0.5) is 8.78 Å². The van der Waals surface area contributed by atoms with Crippen molar-refractivity contribution in [2.24, 2.45) is 0 Å². The van der Waals surface area contributed by atoms with Gasteiger partial charge in [-0.25, -0.2) is 13.6 Å². The second kappa shape index (κ2) is 11.4. The normalized spacial score (nSPS) is 13.4. The molecule has 4 rings (SSSR count). The molecule has 0 saturated carbocycles. The van der Waals surface area contributed by atoms with Crippen molar-refractivity contribution in [2.75, 3.05) is 26.3 Å². The van der Waals surface area contributed by atoms with Gasteiger partial charge in [-0.1, -0.05) is 24.3 Å². The van der Waals surface area contributed by atoms with E-state index in [1.165, 1.54) is 48.5 Å². The summed E-state index contributed by atoms with van der Waals surface area (Å²) >= 11 is 3.40. The van der Waals surface area contributed by atoms with Crippen LogP contribution in [0.2, 0.25) is 0 Å². The van der Waals surface area contributed by atoms with Crippen LogP contribution in [0.15, 0.2) is 65.1 Å². The van der Waals surface area contributed by atoms with Crippen LogP contribution in [0.1, 0.15) is 31.8 Å². The Kier molecular flexibility index (Phi) is 8.09. The van der Waals surface area contributed by atoms with Gasteiger partial charge in [-0.15, -0.1) is 0 Å². The molecule has 35 heavy (non-hydrogen) atoms. The summed E-state index contributed by atoms with van der Waals surface area (Å²) in [5.74, 6) is -1.51. The number of morpholine rings is 1. The van der Waals surface area contributed by atoms with Crippen molar-refractivity contribution in [3.05, 3.63) is 99.0 Å². The van der Waals surface area contributed by atoms with Gasteiger partial charge in [0.1, 0.15) is 36.2 Å². The first-order valence-electron chi connectivity index (χ1n) is 10.9. The molecule has 0 bridgehead atoms. The minimum absolute atomic E-state index is 0.0470. The molecule has 0 atom stereocenters. The summed E-state index contributed by atoms with van der Waals surface area (Å²) in [7, 11) is 0. The zero-order valence-electron chi connectivity index (χ0n) is 18.6. The predicted molar refractivity (Wildman–Crippen MR) is 127 cm³/mol. The average Bonchev–Trinajstić information content (AvgIpc) is 2.88. The molecule has 3 aromatic carbocycles. The molecule has 1 aliphatic heterocycles. The summed E-state index contributed by atoms with van der Waals surface area (Å²) in [6.45, 7) is 1.79. The lowest BCUT2D eigenvalue weighted by Gasteiger charge is -2.27. The van der Waals surface area contributed by atoms with Crippen LogP contribution >= 0.6 is 15.9 Å². The smallest absolute Gasteiger partial charge is 0.342 e. The molecule has 0 N–H and O–H groups in total. The van der Waals surface area contributed by atoms with E-state index in [4.69, 9.17) is 14.2 Å². The van der Waals surface area contributed by atoms with E-state index in [1.807, 2.05) is 0 Å². The number of halogens is 3. The van der Waals surface area contributed by atoms with Crippen LogP contribution in [-0.4, -0.2) is 43.1 Å². The van der Waals surface area contributed by atoms with E-state index in [-0.39, 0.29) is 42.1 Å². The maximum Gasteiger partial charge on any atom is 0.342 e. The largest absolute Gasteiger partial charge is 0.488 e. The van der Waals surface area contributed by atoms with E-state index >= 15 is 0 Å². The predicted octanol–water partition coefficient (Wildman–Crippen LogP) is 5.14. The number of benzene rings is 3. The zero-order chi connectivity index (χ0) is 24.8. The van der Waals surface area contributed by atoms with Crippen LogP contribution in [0.5, 0.6) is 5.75 Å². The van der Waals surface area contributed by atoms with Gasteiger partial charge in [0.05, 0.1) is 18.8 Å². The van der Waals surface area contributed by atoms with E-state index in [9.17, 15) is 18.4 Å². The molecule has 3 aromatic rings. The van der Waals surface area contributed by atoms with E-state index < -0.39 is 5.97 Å². The topological polar surface area (TPSA) is 65.1 Å². The van der Waals surface area contributed by atoms with Gasteiger partial charge in [0.2, 0.25) is 0 Å². The van der Waals surface area contributed by atoms with E-state index in [2.05, 4.69) is 15.9 Å². The highest BCUT2D eigenvalue weighted by Gasteiger charge is 2.25. The number of rotatable bonds is 7. The lowest BCUT2D eigenvalue weighted by molar-refractivity contribution is 0.0301. The van der Waals surface area contributed by atoms with Gasteiger partial charge in [0.15, 0.2) is 0 Å². The molecule has 1 heterocycles. The minimum atomic E-state index is -0.672. The second-order valence-corrected chi connectivity index (χ2v) is 8.70. The lowest BCUT2D eigenvalue weighted by Crippen LogP contribution is -2.40. The molecule has 1 aliphatic rings. The Morgan fingerprint density at radius 3 is 2.03 bits per heavy atom. The highest BCUT2D eigenvalue weighted by molar-refractivity contribution is 9.10. The Hall–Kier alpha value is -3.30. The fourth-order valence-corrected chi connectivity index (χ4v) is 3.99. The Bertz CT molecular complexity index is 1200. The Morgan fingerprint density at radius 2 is 1.43 bits per heavy atom. The van der Waals surface area contributed by atoms with Crippen molar-refractivity contribution in [3.63, 3.8) is 0 Å². The van der Waals surface area contributed by atoms with Crippen LogP contribution in [-0.2, 0) is 22.7 Å². The molecule has 182 valence electrons. The second-order valence-electron chi connectivity index (χ2n) is 7.85. The van der Waals surface area contributed by atoms with E-state index in [0.717, 1.165) is 0 Å². The van der Waals surface area contributed by atoms with Gasteiger partial charge in [0, 0.05) is 17.6 Å². The Balaban J connectivity index is 1.58. The summed E-state index contributed by atoms with van der Waals surface area (Å²) in [4.78, 5) is 27.7. The van der Waals surface area contributed by atoms with E-state index in [1.54, 1.807) is 17.0 Å². The van der Waals surface area contributed by atoms with Crippen LogP contribution < -0.4 is 4.74 Å². The monoisotopic (exact) mass is 545 g/mol. The number of ether oxygens (including phenoxy) is 3. The molecule has 0 radical (unpaired) electrons. The number of carbonyl (C=O) groups excluding carboxylic acids is 2. The lowest BCUT2D eigenvalue weighted by atomic mass is 10.1. The van der Waals surface area contributed by atoms with Crippen molar-refractivity contribution in [3.8, 4) is 5.75 Å². The standard InChI is InChI=1S/C26H22BrF2NO5/c27-23-13-22(26(32)35-16-18-3-7-20(29)8-4-18)24(34-15-17-1-5-19(28)6-2-17)14-21(23)25(31)30-9-11-33-12-10-30/h1-8,13-14H,9-12,15-16H2. The first-order valence-corrected chi connectivity index (χ1v) is 11.7. The molecule has 1 amide bonds. The highest BCUT2D eigenvalue weighted by atomic mass is 79.9. The summed E-state index contributed by atoms with van der Waals surface area (Å²) < 4.78 is 43.4. The van der Waals surface area contributed by atoms with Crippen molar-refractivity contribution in [1.82, 2.24) is 4.90 Å². The highest BCUT2D eigenvalue weighted by Crippen LogP contribution is 2.30. The van der Waals surface area contributed by atoms with Gasteiger partial charge >= 0.3 is 5.97 Å². The maximum atomic E-state index is 13.3.